The number of rotatable bonds is 3. The van der Waals surface area contributed by atoms with E-state index in [-0.39, 0.29) is 21.3 Å². The number of hydrazine groups is 1. The minimum absolute atomic E-state index is 0.0450. The lowest BCUT2D eigenvalue weighted by molar-refractivity contribution is 0.101. The van der Waals surface area contributed by atoms with Gasteiger partial charge in [-0.1, -0.05) is 23.5 Å². The van der Waals surface area contributed by atoms with Crippen molar-refractivity contribution in [3.05, 3.63) is 52.5 Å². The van der Waals surface area contributed by atoms with Gasteiger partial charge >= 0.3 is 0 Å². The minimum Gasteiger partial charge on any atom is -0.304 e. The van der Waals surface area contributed by atoms with Crippen molar-refractivity contribution >= 4 is 53.8 Å². The second kappa shape index (κ2) is 5.83. The molecule has 4 rings (SSSR count). The Hall–Kier alpha value is -2.43. The topological polar surface area (TPSA) is 91.4 Å². The van der Waals surface area contributed by atoms with Crippen LogP contribution < -0.4 is 10.9 Å². The molecule has 1 aliphatic heterocycles. The third-order valence-electron chi connectivity index (χ3n) is 3.73. The summed E-state index contributed by atoms with van der Waals surface area (Å²) in [6, 6.07) is 9.14. The summed E-state index contributed by atoms with van der Waals surface area (Å²) in [4.78, 5) is 17.2. The van der Waals surface area contributed by atoms with Crippen LogP contribution in [0.25, 0.3) is 10.2 Å². The minimum atomic E-state index is -3.70. The molecule has 0 aliphatic carbocycles. The van der Waals surface area contributed by atoms with Crippen LogP contribution in [-0.4, -0.2) is 30.5 Å². The number of likely N-dealkylation sites (N-methyl/N-ethyl adjacent to an activating group) is 1. The fraction of sp³-hybridized carbons (Fsp3) is 0.0667. The van der Waals surface area contributed by atoms with Crippen LogP contribution in [0.15, 0.2) is 52.5 Å². The molecule has 3 aromatic rings. The highest BCUT2D eigenvalue weighted by Gasteiger charge is 2.38. The largest absolute Gasteiger partial charge is 0.304 e. The lowest BCUT2D eigenvalue weighted by Crippen LogP contribution is -2.36. The van der Waals surface area contributed by atoms with Crippen molar-refractivity contribution in [2.24, 2.45) is 0 Å². The molecule has 0 spiro atoms. The van der Waals surface area contributed by atoms with Gasteiger partial charge in [-0.15, -0.1) is 11.3 Å². The number of anilines is 1. The van der Waals surface area contributed by atoms with Crippen LogP contribution in [0, 0.1) is 0 Å². The van der Waals surface area contributed by atoms with Gasteiger partial charge in [0.05, 0.1) is 15.1 Å². The molecule has 1 aromatic carbocycles. The first-order valence-electron chi connectivity index (χ1n) is 7.17. The maximum Gasteiger partial charge on any atom is 0.265 e. The number of sulfonamides is 1. The monoisotopic (exact) mass is 392 g/mol. The molecular weight excluding hydrogens is 380 g/mol. The van der Waals surface area contributed by atoms with Crippen molar-refractivity contribution in [1.82, 2.24) is 14.7 Å². The van der Waals surface area contributed by atoms with Gasteiger partial charge in [-0.25, -0.2) is 13.4 Å². The molecule has 1 aliphatic rings. The summed E-state index contributed by atoms with van der Waals surface area (Å²) < 4.78 is 26.9. The number of Topliss-reactive ketones (excluding diaryl/α,β-unsaturated/α-hetero) is 1. The lowest BCUT2D eigenvalue weighted by Gasteiger charge is -2.25. The number of hydrogen-bond donors (Lipinski definition) is 2. The normalized spacial score (nSPS) is 17.7. The van der Waals surface area contributed by atoms with E-state index >= 15 is 0 Å². The van der Waals surface area contributed by atoms with E-state index in [1.54, 1.807) is 5.38 Å². The summed E-state index contributed by atoms with van der Waals surface area (Å²) in [5.41, 5.74) is 6.55. The zero-order valence-electron chi connectivity index (χ0n) is 12.9. The molecule has 0 saturated carbocycles. The van der Waals surface area contributed by atoms with E-state index in [9.17, 15) is 13.2 Å². The predicted octanol–water partition coefficient (Wildman–Crippen LogP) is 2.63. The predicted molar refractivity (Wildman–Crippen MR) is 98.1 cm³/mol. The first-order valence-corrected chi connectivity index (χ1v) is 10.3. The molecule has 2 aromatic heterocycles. The van der Waals surface area contributed by atoms with Crippen molar-refractivity contribution in [2.75, 3.05) is 12.5 Å². The summed E-state index contributed by atoms with van der Waals surface area (Å²) in [6.45, 7) is 0. The summed E-state index contributed by atoms with van der Waals surface area (Å²) in [7, 11) is -2.34. The molecule has 0 radical (unpaired) electrons. The quantitative estimate of drug-likeness (QED) is 0.526. The van der Waals surface area contributed by atoms with Crippen LogP contribution in [0.5, 0.6) is 0 Å². The lowest BCUT2D eigenvalue weighted by atomic mass is 10.2. The maximum atomic E-state index is 12.5. The standard InChI is InChI=1S/C15H12N4O3S3/c1-19-10(13(20)14-12(6-7-23-14)25(19,21)22)8-16-18-15-17-9-4-2-3-5-11(9)24-15/h2-8,16H,1H3,(H,17,18). The highest BCUT2D eigenvalue weighted by molar-refractivity contribution is 7.89. The van der Waals surface area contributed by atoms with Crippen LogP contribution in [0.2, 0.25) is 0 Å². The van der Waals surface area contributed by atoms with E-state index < -0.39 is 10.0 Å². The molecule has 25 heavy (non-hydrogen) atoms. The molecule has 128 valence electrons. The van der Waals surface area contributed by atoms with Gasteiger partial charge in [-0.2, -0.15) is 0 Å². The molecule has 0 bridgehead atoms. The molecule has 7 nitrogen and oxygen atoms in total. The molecule has 2 N–H and O–H groups in total. The Balaban J connectivity index is 1.60. The van der Waals surface area contributed by atoms with Gasteiger partial charge < -0.3 is 5.43 Å². The summed E-state index contributed by atoms with van der Waals surface area (Å²) >= 11 is 2.57. The molecule has 0 fully saturated rings. The number of ketones is 1. The van der Waals surface area contributed by atoms with Gasteiger partial charge in [0.1, 0.15) is 10.6 Å². The average molecular weight is 392 g/mol. The number of allylic oxidation sites excluding steroid dienone is 1. The van der Waals surface area contributed by atoms with E-state index in [0.29, 0.717) is 5.13 Å². The number of benzene rings is 1. The molecule has 0 amide bonds. The van der Waals surface area contributed by atoms with E-state index in [1.165, 1.54) is 30.7 Å². The fourth-order valence-corrected chi connectivity index (χ4v) is 5.82. The second-order valence-electron chi connectivity index (χ2n) is 5.20. The highest BCUT2D eigenvalue weighted by Crippen LogP contribution is 2.34. The Kier molecular flexibility index (Phi) is 3.74. The average Bonchev–Trinajstić information content (AvgIpc) is 3.23. The van der Waals surface area contributed by atoms with Gasteiger partial charge in [0.2, 0.25) is 10.9 Å². The summed E-state index contributed by atoms with van der Waals surface area (Å²) in [5.74, 6) is -0.332. The van der Waals surface area contributed by atoms with Crippen LogP contribution >= 0.6 is 22.7 Å². The number of thiazole rings is 1. The number of nitrogens with zero attached hydrogens (tertiary/aromatic N) is 2. The Morgan fingerprint density at radius 3 is 2.84 bits per heavy atom. The van der Waals surface area contributed by atoms with Gasteiger partial charge in [0.15, 0.2) is 0 Å². The first-order chi connectivity index (χ1) is 12.0. The fourth-order valence-electron chi connectivity index (χ4n) is 2.45. The Bertz CT molecular complexity index is 1080. The number of nitrogens with one attached hydrogen (secondary N) is 2. The number of fused-ring (bicyclic) bond motifs is 2. The molecule has 0 atom stereocenters. The molecule has 10 heteroatoms. The third-order valence-corrected chi connectivity index (χ3v) is 7.54. The number of hydrogen-bond acceptors (Lipinski definition) is 8. The Morgan fingerprint density at radius 1 is 1.24 bits per heavy atom. The summed E-state index contributed by atoms with van der Waals surface area (Å²) in [6.07, 6.45) is 1.34. The van der Waals surface area contributed by atoms with E-state index in [2.05, 4.69) is 15.8 Å². The van der Waals surface area contributed by atoms with Crippen LogP contribution in [0.4, 0.5) is 5.13 Å². The number of aromatic nitrogens is 1. The Morgan fingerprint density at radius 2 is 2.04 bits per heavy atom. The first kappa shape index (κ1) is 16.1. The van der Waals surface area contributed by atoms with Crippen LogP contribution in [-0.2, 0) is 10.0 Å². The smallest absolute Gasteiger partial charge is 0.265 e. The molecule has 0 saturated heterocycles. The molecule has 3 heterocycles. The van der Waals surface area contributed by atoms with Crippen LogP contribution in [0.1, 0.15) is 9.67 Å². The highest BCUT2D eigenvalue weighted by atomic mass is 32.2. The zero-order valence-corrected chi connectivity index (χ0v) is 15.3. The molecular formula is C15H12N4O3S3. The van der Waals surface area contributed by atoms with Crippen molar-refractivity contribution in [2.45, 2.75) is 4.90 Å². The van der Waals surface area contributed by atoms with Crippen molar-refractivity contribution < 1.29 is 13.2 Å². The van der Waals surface area contributed by atoms with E-state index in [0.717, 1.165) is 25.9 Å². The maximum absolute atomic E-state index is 12.5. The van der Waals surface area contributed by atoms with Crippen molar-refractivity contribution in [1.29, 1.82) is 0 Å². The third kappa shape index (κ3) is 2.58. The Labute approximate surface area is 151 Å². The van der Waals surface area contributed by atoms with Gasteiger partial charge in [0.25, 0.3) is 10.0 Å². The van der Waals surface area contributed by atoms with Crippen LogP contribution in [0.3, 0.4) is 0 Å². The van der Waals surface area contributed by atoms with E-state index in [4.69, 9.17) is 0 Å². The van der Waals surface area contributed by atoms with Gasteiger partial charge in [-0.05, 0) is 23.6 Å². The van der Waals surface area contributed by atoms with Crippen molar-refractivity contribution in [3.63, 3.8) is 0 Å². The number of carbonyl (C=O) groups excluding carboxylic acids is 1. The molecule has 0 unspecified atom stereocenters. The number of carbonyl (C=O) groups is 1. The SMILES string of the molecule is CN1C(=CNNc2nc3ccccc3s2)C(=O)c2sccc2S1(=O)=O. The van der Waals surface area contributed by atoms with Gasteiger partial charge in [0, 0.05) is 13.2 Å². The van der Waals surface area contributed by atoms with Gasteiger partial charge in [-0.3, -0.25) is 14.5 Å². The number of para-hydroxylation sites is 1. The summed E-state index contributed by atoms with van der Waals surface area (Å²) in [5, 5.41) is 2.22. The number of thiophene rings is 1. The zero-order chi connectivity index (χ0) is 17.6. The van der Waals surface area contributed by atoms with E-state index in [1.807, 2.05) is 24.3 Å². The second-order valence-corrected chi connectivity index (χ2v) is 9.09. The van der Waals surface area contributed by atoms with Crippen molar-refractivity contribution in [3.8, 4) is 0 Å².